The van der Waals surface area contributed by atoms with Crippen molar-refractivity contribution >= 4 is 0 Å². The molecule has 1 radical (unpaired) electrons. The molecule has 0 amide bonds. The first kappa shape index (κ1) is 22.5. The molecule has 3 rings (SSSR count). The molecule has 0 spiro atoms. The predicted octanol–water partition coefficient (Wildman–Crippen LogP) is 5.55. The number of aliphatic hydroxyl groups excluding tert-OH is 2. The molecule has 0 aliphatic heterocycles. The van der Waals surface area contributed by atoms with E-state index in [-0.39, 0.29) is 50.8 Å². The van der Waals surface area contributed by atoms with Crippen molar-refractivity contribution in [1.82, 2.24) is 0 Å². The summed E-state index contributed by atoms with van der Waals surface area (Å²) in [6, 6.07) is 8.53. The zero-order chi connectivity index (χ0) is 17.6. The SMILES string of the molecule is [CH2-]CCCCC[C@H]1CC[C@@H](O)[C@@H]1c1ccc(C(O)C2CCCC2)cc1.[Y]. The molecule has 0 heterocycles. The van der Waals surface area contributed by atoms with Crippen LogP contribution in [0, 0.1) is 18.8 Å². The van der Waals surface area contributed by atoms with Crippen molar-refractivity contribution in [2.45, 2.75) is 88.8 Å². The van der Waals surface area contributed by atoms with Gasteiger partial charge in [-0.3, -0.25) is 0 Å². The fraction of sp³-hybridized carbons (Fsp3) is 0.696. The van der Waals surface area contributed by atoms with Gasteiger partial charge in [-0.1, -0.05) is 56.4 Å². The molecule has 0 aromatic heterocycles. The monoisotopic (exact) mass is 432 g/mol. The normalized spacial score (nSPS) is 27.4. The molecule has 2 nitrogen and oxygen atoms in total. The van der Waals surface area contributed by atoms with Gasteiger partial charge in [0.05, 0.1) is 12.2 Å². The van der Waals surface area contributed by atoms with Crippen LogP contribution in [0.15, 0.2) is 24.3 Å². The first-order valence-corrected chi connectivity index (χ1v) is 10.5. The van der Waals surface area contributed by atoms with Crippen LogP contribution in [0.2, 0.25) is 0 Å². The van der Waals surface area contributed by atoms with Crippen LogP contribution in [0.3, 0.4) is 0 Å². The van der Waals surface area contributed by atoms with Crippen LogP contribution in [-0.4, -0.2) is 16.3 Å². The number of unbranched alkanes of at least 4 members (excludes halogenated alkanes) is 3. The summed E-state index contributed by atoms with van der Waals surface area (Å²) in [5.74, 6) is 1.31. The van der Waals surface area contributed by atoms with Gasteiger partial charge in [0, 0.05) is 38.6 Å². The summed E-state index contributed by atoms with van der Waals surface area (Å²) < 4.78 is 0. The predicted molar refractivity (Wildman–Crippen MR) is 103 cm³/mol. The van der Waals surface area contributed by atoms with Crippen molar-refractivity contribution in [3.05, 3.63) is 42.3 Å². The standard InChI is InChI=1S/C23H35O2.Y/c1-2-3-4-5-8-17-15-16-21(24)22(17)18-11-13-20(14-12-18)23(25)19-9-6-7-10-19;/h11-14,17,19,21-25H,1-10,15-16H2;/q-1;/t17-,21+,22-,23?;/m0./s1. The smallest absolute Gasteiger partial charge is 0.0818 e. The minimum absolute atomic E-state index is 0. The summed E-state index contributed by atoms with van der Waals surface area (Å²) in [6.07, 6.45) is 12.3. The number of hydrogen-bond donors (Lipinski definition) is 2. The van der Waals surface area contributed by atoms with Crippen LogP contribution < -0.4 is 0 Å². The van der Waals surface area contributed by atoms with E-state index in [0.29, 0.717) is 11.8 Å². The van der Waals surface area contributed by atoms with Gasteiger partial charge in [0.2, 0.25) is 0 Å². The fourth-order valence-corrected chi connectivity index (χ4v) is 5.10. The number of aliphatic hydroxyl groups is 2. The van der Waals surface area contributed by atoms with E-state index >= 15 is 0 Å². The summed E-state index contributed by atoms with van der Waals surface area (Å²) in [5.41, 5.74) is 2.31. The molecule has 0 bridgehead atoms. The first-order valence-electron chi connectivity index (χ1n) is 10.5. The van der Waals surface area contributed by atoms with Crippen molar-refractivity contribution in [1.29, 1.82) is 0 Å². The van der Waals surface area contributed by atoms with Crippen LogP contribution in [-0.2, 0) is 32.7 Å². The van der Waals surface area contributed by atoms with E-state index in [1.54, 1.807) is 0 Å². The minimum atomic E-state index is -0.316. The van der Waals surface area contributed by atoms with E-state index < -0.39 is 0 Å². The second-order valence-electron chi connectivity index (χ2n) is 8.29. The number of hydrogen-bond acceptors (Lipinski definition) is 2. The van der Waals surface area contributed by atoms with Crippen LogP contribution in [0.5, 0.6) is 0 Å². The molecule has 2 saturated carbocycles. The maximum absolute atomic E-state index is 10.6. The molecule has 2 aliphatic carbocycles. The molecule has 26 heavy (non-hydrogen) atoms. The van der Waals surface area contributed by atoms with Gasteiger partial charge in [-0.2, -0.15) is 6.42 Å². The van der Waals surface area contributed by atoms with Crippen molar-refractivity contribution in [3.63, 3.8) is 0 Å². The van der Waals surface area contributed by atoms with Gasteiger partial charge in [-0.25, -0.2) is 0 Å². The molecule has 2 N–H and O–H groups in total. The molecule has 143 valence electrons. The Morgan fingerprint density at radius 3 is 2.31 bits per heavy atom. The summed E-state index contributed by atoms with van der Waals surface area (Å²) in [6.45, 7) is 3.92. The summed E-state index contributed by atoms with van der Waals surface area (Å²) in [4.78, 5) is 0. The average molecular weight is 432 g/mol. The molecule has 2 fully saturated rings. The third-order valence-electron chi connectivity index (χ3n) is 6.59. The molecule has 1 unspecified atom stereocenters. The molecule has 4 atom stereocenters. The summed E-state index contributed by atoms with van der Waals surface area (Å²) >= 11 is 0. The maximum atomic E-state index is 10.6. The van der Waals surface area contributed by atoms with Crippen molar-refractivity contribution in [3.8, 4) is 0 Å². The Morgan fingerprint density at radius 2 is 1.65 bits per heavy atom. The van der Waals surface area contributed by atoms with Gasteiger partial charge in [-0.15, -0.1) is 0 Å². The van der Waals surface area contributed by atoms with E-state index in [2.05, 4.69) is 31.2 Å². The molecule has 2 aliphatic rings. The van der Waals surface area contributed by atoms with E-state index in [0.717, 1.165) is 37.7 Å². The minimum Gasteiger partial charge on any atom is -0.392 e. The fourth-order valence-electron chi connectivity index (χ4n) is 5.10. The van der Waals surface area contributed by atoms with Crippen LogP contribution in [0.4, 0.5) is 0 Å². The third kappa shape index (κ3) is 5.63. The van der Waals surface area contributed by atoms with Gasteiger partial charge in [0.15, 0.2) is 0 Å². The van der Waals surface area contributed by atoms with Gasteiger partial charge < -0.3 is 17.1 Å². The molecule has 1 aromatic carbocycles. The van der Waals surface area contributed by atoms with E-state index in [1.807, 2.05) is 0 Å². The van der Waals surface area contributed by atoms with Crippen molar-refractivity contribution < 1.29 is 42.9 Å². The maximum Gasteiger partial charge on any atom is 0.0818 e. The largest absolute Gasteiger partial charge is 0.392 e. The molecular weight excluding hydrogens is 397 g/mol. The molecule has 3 heteroatoms. The van der Waals surface area contributed by atoms with Gasteiger partial charge >= 0.3 is 0 Å². The third-order valence-corrected chi connectivity index (χ3v) is 6.59. The van der Waals surface area contributed by atoms with Gasteiger partial charge in [0.25, 0.3) is 0 Å². The Hall–Kier alpha value is 0.244. The Bertz CT molecular complexity index is 509. The Labute approximate surface area is 185 Å². The average Bonchev–Trinajstić information content (AvgIpc) is 3.28. The topological polar surface area (TPSA) is 40.5 Å². The van der Waals surface area contributed by atoms with Crippen LogP contribution in [0.25, 0.3) is 0 Å². The van der Waals surface area contributed by atoms with Gasteiger partial charge in [-0.05, 0) is 55.1 Å². The number of rotatable bonds is 8. The zero-order valence-electron chi connectivity index (χ0n) is 16.2. The second-order valence-corrected chi connectivity index (χ2v) is 8.29. The van der Waals surface area contributed by atoms with Gasteiger partial charge in [0.1, 0.15) is 0 Å². The quantitative estimate of drug-likeness (QED) is 0.418. The second kappa shape index (κ2) is 11.3. The zero-order valence-corrected chi connectivity index (χ0v) is 19.0. The van der Waals surface area contributed by atoms with Crippen LogP contribution in [0.1, 0.15) is 93.8 Å². The van der Waals surface area contributed by atoms with Crippen molar-refractivity contribution in [2.24, 2.45) is 11.8 Å². The Kier molecular flexibility index (Phi) is 9.79. The number of benzene rings is 1. The Balaban J connectivity index is 0.00000243. The van der Waals surface area contributed by atoms with E-state index in [1.165, 1.54) is 44.1 Å². The first-order chi connectivity index (χ1) is 12.2. The molecular formula is C23H35O2Y-. The van der Waals surface area contributed by atoms with E-state index in [9.17, 15) is 10.2 Å². The molecule has 1 aromatic rings. The summed E-state index contributed by atoms with van der Waals surface area (Å²) in [5, 5.41) is 21.1. The van der Waals surface area contributed by atoms with Crippen LogP contribution >= 0.6 is 0 Å². The molecule has 0 saturated heterocycles. The Morgan fingerprint density at radius 1 is 0.962 bits per heavy atom. The summed E-state index contributed by atoms with van der Waals surface area (Å²) in [7, 11) is 0. The van der Waals surface area contributed by atoms with Crippen molar-refractivity contribution in [2.75, 3.05) is 0 Å². The van der Waals surface area contributed by atoms with E-state index in [4.69, 9.17) is 0 Å².